The maximum atomic E-state index is 2.50. The first-order chi connectivity index (χ1) is 14.6. The van der Waals surface area contributed by atoms with Crippen LogP contribution in [0.2, 0.25) is 0 Å². The Morgan fingerprint density at radius 2 is 1.36 bits per heavy atom. The van der Waals surface area contributed by atoms with E-state index in [-0.39, 0.29) is 25.7 Å². The van der Waals surface area contributed by atoms with Crippen molar-refractivity contribution in [2.75, 3.05) is 4.90 Å². The molecule has 0 unspecified atom stereocenters. The highest BCUT2D eigenvalue weighted by Gasteiger charge is 2.45. The second kappa shape index (κ2) is 9.33. The number of rotatable bonds is 4. The Balaban J connectivity index is 0.00000193. The zero-order chi connectivity index (χ0) is 22.6. The predicted molar refractivity (Wildman–Crippen MR) is 147 cm³/mol. The van der Waals surface area contributed by atoms with Crippen LogP contribution < -0.4 is 4.90 Å². The molecule has 2 aliphatic rings. The normalized spacial score (nSPS) is 19.2. The SMILES string of the molecule is C.C.CC(C)N1C(=CC=CC2=[N+](C(C)C)c3ccccc3C2(C)C)C(C)(C)c2ccccc21. The molecule has 0 aliphatic carbocycles. The first-order valence-electron chi connectivity index (χ1n) is 11.6. The molecule has 0 fully saturated rings. The second-order valence-electron chi connectivity index (χ2n) is 10.5. The van der Waals surface area contributed by atoms with Crippen LogP contribution in [0.15, 0.2) is 72.5 Å². The molecule has 2 heterocycles. The lowest BCUT2D eigenvalue weighted by Gasteiger charge is -2.30. The summed E-state index contributed by atoms with van der Waals surface area (Å²) in [5.74, 6) is 0. The lowest BCUT2D eigenvalue weighted by Crippen LogP contribution is -2.31. The van der Waals surface area contributed by atoms with E-state index in [0.29, 0.717) is 12.1 Å². The molecule has 0 aromatic heterocycles. The summed E-state index contributed by atoms with van der Waals surface area (Å²) < 4.78 is 2.50. The van der Waals surface area contributed by atoms with Gasteiger partial charge in [0.05, 0.1) is 5.41 Å². The third-order valence-electron chi connectivity index (χ3n) is 7.01. The Kier molecular flexibility index (Phi) is 7.53. The number of nitrogens with zero attached hydrogens (tertiary/aromatic N) is 2. The van der Waals surface area contributed by atoms with Gasteiger partial charge in [0.25, 0.3) is 0 Å². The van der Waals surface area contributed by atoms with Crippen molar-refractivity contribution in [3.8, 4) is 0 Å². The van der Waals surface area contributed by atoms with Crippen LogP contribution in [-0.2, 0) is 10.8 Å². The van der Waals surface area contributed by atoms with Crippen LogP contribution in [-0.4, -0.2) is 22.4 Å². The third kappa shape index (κ3) is 4.09. The molecular weight excluding hydrogens is 400 g/mol. The van der Waals surface area contributed by atoms with Gasteiger partial charge in [-0.1, -0.05) is 71.2 Å². The summed E-state index contributed by atoms with van der Waals surface area (Å²) in [5.41, 5.74) is 8.21. The van der Waals surface area contributed by atoms with Crippen LogP contribution in [0.5, 0.6) is 0 Å². The molecule has 0 amide bonds. The first kappa shape index (κ1) is 26.6. The van der Waals surface area contributed by atoms with E-state index in [9.17, 15) is 0 Å². The van der Waals surface area contributed by atoms with E-state index in [0.717, 1.165) is 0 Å². The van der Waals surface area contributed by atoms with Crippen molar-refractivity contribution < 1.29 is 4.58 Å². The van der Waals surface area contributed by atoms with Crippen molar-refractivity contribution in [2.45, 2.75) is 93.2 Å². The lowest BCUT2D eigenvalue weighted by molar-refractivity contribution is -0.472. The van der Waals surface area contributed by atoms with E-state index in [1.54, 1.807) is 0 Å². The molecule has 0 radical (unpaired) electrons. The Morgan fingerprint density at radius 1 is 0.788 bits per heavy atom. The van der Waals surface area contributed by atoms with E-state index < -0.39 is 0 Å². The number of allylic oxidation sites excluding steroid dienone is 4. The summed E-state index contributed by atoms with van der Waals surface area (Å²) in [6, 6.07) is 18.5. The van der Waals surface area contributed by atoms with Gasteiger partial charge in [0, 0.05) is 40.5 Å². The van der Waals surface area contributed by atoms with Crippen LogP contribution in [0.4, 0.5) is 11.4 Å². The minimum atomic E-state index is -0.0121. The molecule has 0 atom stereocenters. The van der Waals surface area contributed by atoms with Gasteiger partial charge in [-0.3, -0.25) is 0 Å². The first-order valence-corrected chi connectivity index (χ1v) is 11.6. The highest BCUT2D eigenvalue weighted by molar-refractivity contribution is 6.03. The minimum absolute atomic E-state index is 0. The Hall–Kier alpha value is -2.61. The molecule has 2 aromatic rings. The minimum Gasteiger partial charge on any atom is -0.341 e. The molecule has 178 valence electrons. The van der Waals surface area contributed by atoms with Gasteiger partial charge in [-0.2, -0.15) is 4.58 Å². The average Bonchev–Trinajstić information content (AvgIpc) is 3.08. The monoisotopic (exact) mass is 445 g/mol. The van der Waals surface area contributed by atoms with Gasteiger partial charge in [0.2, 0.25) is 5.69 Å². The van der Waals surface area contributed by atoms with Crippen molar-refractivity contribution in [1.29, 1.82) is 0 Å². The molecule has 2 aliphatic heterocycles. The number of para-hydroxylation sites is 2. The van der Waals surface area contributed by atoms with E-state index in [2.05, 4.69) is 132 Å². The Labute approximate surface area is 203 Å². The number of hydrogen-bond donors (Lipinski definition) is 0. The molecule has 4 rings (SSSR count). The van der Waals surface area contributed by atoms with Crippen LogP contribution >= 0.6 is 0 Å². The number of fused-ring (bicyclic) bond motifs is 2. The second-order valence-corrected chi connectivity index (χ2v) is 10.5. The predicted octanol–water partition coefficient (Wildman–Crippen LogP) is 8.39. The zero-order valence-electron chi connectivity index (χ0n) is 20.4. The van der Waals surface area contributed by atoms with Crippen LogP contribution in [0.1, 0.15) is 81.4 Å². The van der Waals surface area contributed by atoms with Crippen molar-refractivity contribution in [1.82, 2.24) is 0 Å². The highest BCUT2D eigenvalue weighted by Crippen LogP contribution is 2.48. The Bertz CT molecular complexity index is 1090. The lowest BCUT2D eigenvalue weighted by atomic mass is 9.81. The molecule has 0 N–H and O–H groups in total. The number of hydrogen-bond acceptors (Lipinski definition) is 1. The van der Waals surface area contributed by atoms with Gasteiger partial charge in [0.1, 0.15) is 0 Å². The van der Waals surface area contributed by atoms with E-state index in [4.69, 9.17) is 0 Å². The van der Waals surface area contributed by atoms with Crippen LogP contribution in [0, 0.1) is 0 Å². The number of anilines is 1. The standard InChI is InChI=1S/C29H37N2.2CH4/c1-20(2)30-24-16-11-9-14-22(24)28(5,6)26(30)18-13-19-27-29(7,8)23-15-10-12-17-25(23)31(27)21(3)4;;/h9-21H,1-8H3;2*1H4/q+1;;. The summed E-state index contributed by atoms with van der Waals surface area (Å²) in [6.45, 7) is 18.5. The van der Waals surface area contributed by atoms with Gasteiger partial charge < -0.3 is 4.90 Å². The maximum Gasteiger partial charge on any atom is 0.209 e. The van der Waals surface area contributed by atoms with E-state index >= 15 is 0 Å². The molecule has 0 spiro atoms. The molecular formula is C31H45N2+. The third-order valence-corrected chi connectivity index (χ3v) is 7.01. The maximum absolute atomic E-state index is 2.50. The van der Waals surface area contributed by atoms with Crippen molar-refractivity contribution in [3.63, 3.8) is 0 Å². The molecule has 2 nitrogen and oxygen atoms in total. The van der Waals surface area contributed by atoms with Gasteiger partial charge in [-0.25, -0.2) is 0 Å². The van der Waals surface area contributed by atoms with Crippen LogP contribution in [0.3, 0.4) is 0 Å². The molecule has 33 heavy (non-hydrogen) atoms. The fraction of sp³-hybridized carbons (Fsp3) is 0.452. The van der Waals surface area contributed by atoms with Crippen molar-refractivity contribution >= 4 is 17.1 Å². The summed E-state index contributed by atoms with van der Waals surface area (Å²) in [5, 5.41) is 0. The largest absolute Gasteiger partial charge is 0.341 e. The number of benzene rings is 2. The molecule has 0 saturated heterocycles. The van der Waals surface area contributed by atoms with Crippen LogP contribution in [0.25, 0.3) is 0 Å². The van der Waals surface area contributed by atoms with E-state index in [1.807, 2.05) is 0 Å². The summed E-state index contributed by atoms with van der Waals surface area (Å²) >= 11 is 0. The topological polar surface area (TPSA) is 6.25 Å². The zero-order valence-corrected chi connectivity index (χ0v) is 20.4. The summed E-state index contributed by atoms with van der Waals surface area (Å²) in [6.07, 6.45) is 6.95. The van der Waals surface area contributed by atoms with Crippen molar-refractivity contribution in [2.24, 2.45) is 0 Å². The Morgan fingerprint density at radius 3 is 1.97 bits per heavy atom. The summed E-state index contributed by atoms with van der Waals surface area (Å²) in [7, 11) is 0. The average molecular weight is 446 g/mol. The van der Waals surface area contributed by atoms with Gasteiger partial charge in [-0.05, 0) is 59.2 Å². The summed E-state index contributed by atoms with van der Waals surface area (Å²) in [4.78, 5) is 2.50. The fourth-order valence-electron chi connectivity index (χ4n) is 5.48. The molecule has 2 aromatic carbocycles. The quantitative estimate of drug-likeness (QED) is 0.428. The molecule has 0 saturated carbocycles. The fourth-order valence-corrected chi connectivity index (χ4v) is 5.48. The van der Waals surface area contributed by atoms with Gasteiger partial charge >= 0.3 is 0 Å². The van der Waals surface area contributed by atoms with Gasteiger partial charge in [0.15, 0.2) is 11.8 Å². The smallest absolute Gasteiger partial charge is 0.209 e. The van der Waals surface area contributed by atoms with E-state index in [1.165, 1.54) is 33.9 Å². The van der Waals surface area contributed by atoms with Gasteiger partial charge in [-0.15, -0.1) is 0 Å². The highest BCUT2D eigenvalue weighted by atomic mass is 15.2. The van der Waals surface area contributed by atoms with Crippen molar-refractivity contribution in [3.05, 3.63) is 83.6 Å². The molecule has 2 heteroatoms. The molecule has 0 bridgehead atoms.